The van der Waals surface area contributed by atoms with Gasteiger partial charge in [0.1, 0.15) is 11.6 Å². The largest absolute Gasteiger partial charge is 0.340 e. The van der Waals surface area contributed by atoms with Gasteiger partial charge in [-0.25, -0.2) is 0 Å². The van der Waals surface area contributed by atoms with E-state index in [0.29, 0.717) is 13.0 Å². The third-order valence-electron chi connectivity index (χ3n) is 3.77. The molecular formula is C15H26N2O2. The van der Waals surface area contributed by atoms with Gasteiger partial charge in [-0.15, -0.1) is 0 Å². The van der Waals surface area contributed by atoms with Crippen LogP contribution in [-0.4, -0.2) is 34.8 Å². The molecule has 1 heterocycles. The molecule has 1 fully saturated rings. The second-order valence-corrected chi connectivity index (χ2v) is 6.10. The van der Waals surface area contributed by atoms with Crippen molar-refractivity contribution in [3.05, 3.63) is 11.6 Å². The zero-order valence-corrected chi connectivity index (χ0v) is 12.9. The molecular weight excluding hydrogens is 240 g/mol. The molecule has 1 rings (SSSR count). The van der Waals surface area contributed by atoms with E-state index in [2.05, 4.69) is 5.32 Å². The highest BCUT2D eigenvalue weighted by molar-refractivity contribution is 5.99. The molecule has 0 aromatic carbocycles. The predicted molar refractivity (Wildman–Crippen MR) is 76.6 cm³/mol. The monoisotopic (exact) mass is 266 g/mol. The standard InChI is InChI=1S/C15H26N2O2/c1-7-15(6)14(19)17(9-8-10(2)3)12(11(4)5)13(18)16-15/h8,11-12H,7,9H2,1-6H3,(H,16,18). The third-order valence-corrected chi connectivity index (χ3v) is 3.77. The molecule has 1 N–H and O–H groups in total. The number of carbonyl (C=O) groups excluding carboxylic acids is 2. The van der Waals surface area contributed by atoms with Gasteiger partial charge in [0.25, 0.3) is 0 Å². The van der Waals surface area contributed by atoms with Crippen LogP contribution in [0.3, 0.4) is 0 Å². The van der Waals surface area contributed by atoms with E-state index in [0.717, 1.165) is 5.57 Å². The molecule has 0 bridgehead atoms. The van der Waals surface area contributed by atoms with Crippen LogP contribution in [0.15, 0.2) is 11.6 Å². The molecule has 0 aromatic heterocycles. The van der Waals surface area contributed by atoms with Crippen LogP contribution in [0.4, 0.5) is 0 Å². The highest BCUT2D eigenvalue weighted by Crippen LogP contribution is 2.25. The summed E-state index contributed by atoms with van der Waals surface area (Å²) in [5.41, 5.74) is 0.386. The number of hydrogen-bond donors (Lipinski definition) is 1. The van der Waals surface area contributed by atoms with E-state index in [1.165, 1.54) is 0 Å². The molecule has 0 radical (unpaired) electrons. The molecule has 0 spiro atoms. The normalized spacial score (nSPS) is 27.5. The topological polar surface area (TPSA) is 49.4 Å². The first-order valence-electron chi connectivity index (χ1n) is 6.99. The van der Waals surface area contributed by atoms with Crippen molar-refractivity contribution in [3.8, 4) is 0 Å². The van der Waals surface area contributed by atoms with Gasteiger partial charge >= 0.3 is 0 Å². The Balaban J connectivity index is 3.10. The van der Waals surface area contributed by atoms with E-state index < -0.39 is 5.54 Å². The van der Waals surface area contributed by atoms with Crippen LogP contribution < -0.4 is 5.32 Å². The average Bonchev–Trinajstić information content (AvgIpc) is 2.30. The number of nitrogens with zero attached hydrogens (tertiary/aromatic N) is 1. The molecule has 0 aromatic rings. The summed E-state index contributed by atoms with van der Waals surface area (Å²) in [7, 11) is 0. The summed E-state index contributed by atoms with van der Waals surface area (Å²) in [5.74, 6) is 0.0859. The zero-order chi connectivity index (χ0) is 14.8. The Bertz CT molecular complexity index is 397. The molecule has 1 saturated heterocycles. The van der Waals surface area contributed by atoms with Crippen LogP contribution in [0.1, 0.15) is 48.0 Å². The molecule has 0 saturated carbocycles. The smallest absolute Gasteiger partial charge is 0.248 e. The lowest BCUT2D eigenvalue weighted by molar-refractivity contribution is -0.155. The van der Waals surface area contributed by atoms with Gasteiger partial charge in [0.15, 0.2) is 0 Å². The first-order chi connectivity index (χ1) is 8.73. The number of rotatable bonds is 4. The predicted octanol–water partition coefficient (Wildman–Crippen LogP) is 2.10. The lowest BCUT2D eigenvalue weighted by atomic mass is 9.88. The highest BCUT2D eigenvalue weighted by atomic mass is 16.2. The number of amides is 2. The maximum atomic E-state index is 12.6. The van der Waals surface area contributed by atoms with Crippen molar-refractivity contribution in [2.45, 2.75) is 59.5 Å². The summed E-state index contributed by atoms with van der Waals surface area (Å²) >= 11 is 0. The van der Waals surface area contributed by atoms with Crippen molar-refractivity contribution in [1.29, 1.82) is 0 Å². The zero-order valence-electron chi connectivity index (χ0n) is 12.9. The summed E-state index contributed by atoms with van der Waals surface area (Å²) in [6, 6.07) is -0.372. The molecule has 4 heteroatoms. The van der Waals surface area contributed by atoms with Crippen molar-refractivity contribution in [1.82, 2.24) is 10.2 Å². The number of nitrogens with one attached hydrogen (secondary N) is 1. The van der Waals surface area contributed by atoms with Gasteiger partial charge in [-0.1, -0.05) is 32.4 Å². The highest BCUT2D eigenvalue weighted by Gasteiger charge is 2.47. The second kappa shape index (κ2) is 5.76. The van der Waals surface area contributed by atoms with E-state index in [-0.39, 0.29) is 23.8 Å². The maximum absolute atomic E-state index is 12.6. The lowest BCUT2D eigenvalue weighted by Gasteiger charge is -2.45. The van der Waals surface area contributed by atoms with Crippen molar-refractivity contribution in [2.75, 3.05) is 6.54 Å². The molecule has 1 aliphatic heterocycles. The Morgan fingerprint density at radius 2 is 2.00 bits per heavy atom. The minimum Gasteiger partial charge on any atom is -0.340 e. The third kappa shape index (κ3) is 3.17. The molecule has 4 nitrogen and oxygen atoms in total. The van der Waals surface area contributed by atoms with Crippen molar-refractivity contribution in [2.24, 2.45) is 5.92 Å². The van der Waals surface area contributed by atoms with Crippen LogP contribution >= 0.6 is 0 Å². The Kier molecular flexibility index (Phi) is 4.77. The molecule has 0 aliphatic carbocycles. The second-order valence-electron chi connectivity index (χ2n) is 6.10. The van der Waals surface area contributed by atoms with Crippen molar-refractivity contribution in [3.63, 3.8) is 0 Å². The van der Waals surface area contributed by atoms with Gasteiger partial charge in [-0.05, 0) is 33.1 Å². The van der Waals surface area contributed by atoms with Gasteiger partial charge in [-0.2, -0.15) is 0 Å². The molecule has 19 heavy (non-hydrogen) atoms. The summed E-state index contributed by atoms with van der Waals surface area (Å²) in [6.07, 6.45) is 2.61. The molecule has 2 amide bonds. The van der Waals surface area contributed by atoms with Crippen LogP contribution in [0, 0.1) is 5.92 Å². The van der Waals surface area contributed by atoms with Gasteiger partial charge < -0.3 is 10.2 Å². The van der Waals surface area contributed by atoms with Crippen LogP contribution in [0.2, 0.25) is 0 Å². The van der Waals surface area contributed by atoms with Crippen molar-refractivity contribution < 1.29 is 9.59 Å². The van der Waals surface area contributed by atoms with Crippen LogP contribution in [0.5, 0.6) is 0 Å². The number of piperazine rings is 1. The minimum absolute atomic E-state index is 0.0193. The molecule has 108 valence electrons. The summed E-state index contributed by atoms with van der Waals surface area (Å²) in [6.45, 7) is 12.2. The van der Waals surface area contributed by atoms with E-state index in [1.807, 2.05) is 40.7 Å². The van der Waals surface area contributed by atoms with Crippen LogP contribution in [-0.2, 0) is 9.59 Å². The van der Waals surface area contributed by atoms with E-state index in [1.54, 1.807) is 11.8 Å². The quantitative estimate of drug-likeness (QED) is 0.792. The number of allylic oxidation sites excluding steroid dienone is 1. The molecule has 1 aliphatic rings. The summed E-state index contributed by atoms with van der Waals surface area (Å²) < 4.78 is 0. The summed E-state index contributed by atoms with van der Waals surface area (Å²) in [4.78, 5) is 26.6. The number of hydrogen-bond acceptors (Lipinski definition) is 2. The van der Waals surface area contributed by atoms with Gasteiger partial charge in [0.05, 0.1) is 0 Å². The number of carbonyl (C=O) groups is 2. The first-order valence-corrected chi connectivity index (χ1v) is 6.99. The maximum Gasteiger partial charge on any atom is 0.248 e. The van der Waals surface area contributed by atoms with Gasteiger partial charge in [0, 0.05) is 6.54 Å². The van der Waals surface area contributed by atoms with Crippen molar-refractivity contribution >= 4 is 11.8 Å². The summed E-state index contributed by atoms with van der Waals surface area (Å²) in [5, 5.41) is 2.89. The Morgan fingerprint density at radius 3 is 2.42 bits per heavy atom. The first kappa shape index (κ1) is 15.7. The Labute approximate surface area is 116 Å². The SMILES string of the molecule is CCC1(C)NC(=O)C(C(C)C)N(CC=C(C)C)C1=O. The van der Waals surface area contributed by atoms with E-state index >= 15 is 0 Å². The minimum atomic E-state index is -0.766. The van der Waals surface area contributed by atoms with E-state index in [4.69, 9.17) is 0 Å². The van der Waals surface area contributed by atoms with Gasteiger partial charge in [0.2, 0.25) is 11.8 Å². The average molecular weight is 266 g/mol. The fourth-order valence-corrected chi connectivity index (χ4v) is 2.36. The van der Waals surface area contributed by atoms with Crippen LogP contribution in [0.25, 0.3) is 0 Å². The van der Waals surface area contributed by atoms with E-state index in [9.17, 15) is 9.59 Å². The lowest BCUT2D eigenvalue weighted by Crippen LogP contribution is -2.70. The fourth-order valence-electron chi connectivity index (χ4n) is 2.36. The Hall–Kier alpha value is -1.32. The molecule has 2 atom stereocenters. The molecule has 2 unspecified atom stereocenters. The Morgan fingerprint density at radius 1 is 1.42 bits per heavy atom. The van der Waals surface area contributed by atoms with Gasteiger partial charge in [-0.3, -0.25) is 9.59 Å². The fraction of sp³-hybridized carbons (Fsp3) is 0.733.